The van der Waals surface area contributed by atoms with Crippen molar-refractivity contribution in [2.45, 2.75) is 84.4 Å². The molecule has 0 N–H and O–H groups in total. The van der Waals surface area contributed by atoms with E-state index in [4.69, 9.17) is 0 Å². The zero-order chi connectivity index (χ0) is 11.5. The second-order valence-electron chi connectivity index (χ2n) is 5.27. The van der Waals surface area contributed by atoms with Gasteiger partial charge in [0.05, 0.1) is 0 Å². The highest BCUT2D eigenvalue weighted by Gasteiger charge is 2.10. The van der Waals surface area contributed by atoms with Crippen LogP contribution in [0.15, 0.2) is 0 Å². The lowest BCUT2D eigenvalue weighted by Gasteiger charge is -2.18. The Morgan fingerprint density at radius 2 is 1.40 bits per heavy atom. The van der Waals surface area contributed by atoms with Gasteiger partial charge in [-0.25, -0.2) is 0 Å². The van der Waals surface area contributed by atoms with Gasteiger partial charge >= 0.3 is 0 Å². The lowest BCUT2D eigenvalue weighted by Crippen LogP contribution is -2.10. The Kier molecular flexibility index (Phi) is 10.9. The van der Waals surface area contributed by atoms with Gasteiger partial charge in [0.1, 0.15) is 0 Å². The van der Waals surface area contributed by atoms with Crippen LogP contribution in [0.2, 0.25) is 19.1 Å². The number of hydrogen-bond donors (Lipinski definition) is 0. The van der Waals surface area contributed by atoms with Gasteiger partial charge in [-0.15, -0.1) is 0 Å². The Labute approximate surface area is 99.5 Å². The van der Waals surface area contributed by atoms with E-state index in [1.54, 1.807) is 6.04 Å². The van der Waals surface area contributed by atoms with Gasteiger partial charge in [-0.05, 0) is 5.92 Å². The van der Waals surface area contributed by atoms with Gasteiger partial charge in [-0.2, -0.15) is 0 Å². The maximum absolute atomic E-state index is 2.47. The van der Waals surface area contributed by atoms with Gasteiger partial charge in [-0.3, -0.25) is 0 Å². The number of rotatable bonds is 10. The van der Waals surface area contributed by atoms with Gasteiger partial charge in [-0.1, -0.05) is 84.4 Å². The normalized spacial score (nSPS) is 13.4. The quantitative estimate of drug-likeness (QED) is 0.341. The second-order valence-corrected chi connectivity index (χ2v) is 8.09. The maximum Gasteiger partial charge on any atom is 0.0415 e. The monoisotopic (exact) mass is 227 g/mol. The van der Waals surface area contributed by atoms with Crippen LogP contribution in [0.1, 0.15) is 65.2 Å². The first kappa shape index (κ1) is 15.2. The van der Waals surface area contributed by atoms with Crippen molar-refractivity contribution < 1.29 is 0 Å². The van der Waals surface area contributed by atoms with Crippen molar-refractivity contribution >= 4 is 8.80 Å². The van der Waals surface area contributed by atoms with Crippen LogP contribution in [0.5, 0.6) is 0 Å². The second kappa shape index (κ2) is 10.7. The molecular formula is C14H31Si. The topological polar surface area (TPSA) is 0 Å². The Hall–Kier alpha value is 0.217. The van der Waals surface area contributed by atoms with Gasteiger partial charge < -0.3 is 0 Å². The van der Waals surface area contributed by atoms with E-state index >= 15 is 0 Å². The fourth-order valence-electron chi connectivity index (χ4n) is 2.28. The van der Waals surface area contributed by atoms with Crippen molar-refractivity contribution in [1.29, 1.82) is 0 Å². The molecule has 0 saturated carbocycles. The first-order valence-corrected chi connectivity index (χ1v) is 9.70. The van der Waals surface area contributed by atoms with Crippen LogP contribution in [-0.2, 0) is 0 Å². The zero-order valence-electron chi connectivity index (χ0n) is 11.4. The number of hydrogen-bond acceptors (Lipinski definition) is 0. The molecule has 0 bridgehead atoms. The summed E-state index contributed by atoms with van der Waals surface area (Å²) < 4.78 is 0. The Balaban J connectivity index is 3.59. The third-order valence-electron chi connectivity index (χ3n) is 3.13. The highest BCUT2D eigenvalue weighted by molar-refractivity contribution is 6.55. The molecule has 1 atom stereocenters. The summed E-state index contributed by atoms with van der Waals surface area (Å²) in [6.45, 7) is 9.55. The summed E-state index contributed by atoms with van der Waals surface area (Å²) in [6.07, 6.45) is 11.6. The molecule has 0 aromatic heterocycles. The van der Waals surface area contributed by atoms with Gasteiger partial charge in [0.25, 0.3) is 0 Å². The minimum Gasteiger partial charge on any atom is -0.0713 e. The SMILES string of the molecule is CCCCCCC(CCCC)C[Si](C)C. The van der Waals surface area contributed by atoms with Gasteiger partial charge in [0, 0.05) is 8.80 Å². The summed E-state index contributed by atoms with van der Waals surface area (Å²) in [6, 6.07) is 1.55. The molecule has 1 radical (unpaired) electrons. The zero-order valence-corrected chi connectivity index (χ0v) is 12.4. The molecule has 0 aliphatic heterocycles. The first-order chi connectivity index (χ1) is 7.20. The van der Waals surface area contributed by atoms with Crippen molar-refractivity contribution in [3.63, 3.8) is 0 Å². The standard InChI is InChI=1S/C14H31Si/c1-5-7-9-10-12-14(11-8-6-2)13-15(3)4/h14H,5-13H2,1-4H3. The van der Waals surface area contributed by atoms with Crippen molar-refractivity contribution in [2.75, 3.05) is 0 Å². The van der Waals surface area contributed by atoms with E-state index in [2.05, 4.69) is 26.9 Å². The first-order valence-electron chi connectivity index (χ1n) is 6.99. The van der Waals surface area contributed by atoms with Crippen molar-refractivity contribution in [2.24, 2.45) is 5.92 Å². The van der Waals surface area contributed by atoms with E-state index in [-0.39, 0.29) is 8.80 Å². The van der Waals surface area contributed by atoms with E-state index in [1.165, 1.54) is 51.4 Å². The summed E-state index contributed by atoms with van der Waals surface area (Å²) in [5.41, 5.74) is 0. The fourth-order valence-corrected chi connectivity index (χ4v) is 3.84. The van der Waals surface area contributed by atoms with E-state index in [0.29, 0.717) is 0 Å². The molecule has 1 heteroatoms. The van der Waals surface area contributed by atoms with Crippen LogP contribution in [0.25, 0.3) is 0 Å². The Morgan fingerprint density at radius 1 is 0.800 bits per heavy atom. The number of unbranched alkanes of at least 4 members (excludes halogenated alkanes) is 4. The third-order valence-corrected chi connectivity index (χ3v) is 4.52. The molecule has 1 unspecified atom stereocenters. The molecule has 0 aliphatic rings. The minimum absolute atomic E-state index is 0.00534. The molecule has 0 saturated heterocycles. The maximum atomic E-state index is 2.47. The van der Waals surface area contributed by atoms with E-state index in [0.717, 1.165) is 5.92 Å². The fraction of sp³-hybridized carbons (Fsp3) is 1.00. The Bertz CT molecular complexity index is 121. The molecular weight excluding hydrogens is 196 g/mol. The average Bonchev–Trinajstić information content (AvgIpc) is 2.19. The largest absolute Gasteiger partial charge is 0.0713 e. The lowest BCUT2D eigenvalue weighted by molar-refractivity contribution is 0.442. The van der Waals surface area contributed by atoms with Crippen LogP contribution in [0.4, 0.5) is 0 Å². The summed E-state index contributed by atoms with van der Waals surface area (Å²) in [5, 5.41) is 0. The summed E-state index contributed by atoms with van der Waals surface area (Å²) in [5.74, 6) is 1.06. The molecule has 0 heterocycles. The van der Waals surface area contributed by atoms with E-state index in [9.17, 15) is 0 Å². The van der Waals surface area contributed by atoms with Crippen LogP contribution in [-0.4, -0.2) is 8.80 Å². The van der Waals surface area contributed by atoms with Gasteiger partial charge in [0.15, 0.2) is 0 Å². The predicted molar refractivity (Wildman–Crippen MR) is 74.1 cm³/mol. The van der Waals surface area contributed by atoms with Crippen molar-refractivity contribution in [3.05, 3.63) is 0 Å². The molecule has 91 valence electrons. The molecule has 0 aliphatic carbocycles. The average molecular weight is 227 g/mol. The molecule has 0 aromatic carbocycles. The van der Waals surface area contributed by atoms with Crippen molar-refractivity contribution in [3.8, 4) is 0 Å². The molecule has 0 aromatic rings. The smallest absolute Gasteiger partial charge is 0.0415 e. The van der Waals surface area contributed by atoms with Crippen LogP contribution >= 0.6 is 0 Å². The predicted octanol–water partition coefficient (Wildman–Crippen LogP) is 5.52. The minimum atomic E-state index is -0.00534. The molecule has 0 spiro atoms. The third kappa shape index (κ3) is 10.5. The molecule has 0 amide bonds. The lowest BCUT2D eigenvalue weighted by atomic mass is 9.97. The highest BCUT2D eigenvalue weighted by Crippen LogP contribution is 2.22. The molecule has 15 heavy (non-hydrogen) atoms. The van der Waals surface area contributed by atoms with E-state index in [1.807, 2.05) is 0 Å². The summed E-state index contributed by atoms with van der Waals surface area (Å²) in [7, 11) is -0.00534. The molecule has 0 rings (SSSR count). The molecule has 0 fully saturated rings. The van der Waals surface area contributed by atoms with Crippen LogP contribution in [0.3, 0.4) is 0 Å². The molecule has 0 nitrogen and oxygen atoms in total. The van der Waals surface area contributed by atoms with Gasteiger partial charge in [0.2, 0.25) is 0 Å². The van der Waals surface area contributed by atoms with Crippen molar-refractivity contribution in [1.82, 2.24) is 0 Å². The van der Waals surface area contributed by atoms with E-state index < -0.39 is 0 Å². The summed E-state index contributed by atoms with van der Waals surface area (Å²) >= 11 is 0. The highest BCUT2D eigenvalue weighted by atomic mass is 28.3. The van der Waals surface area contributed by atoms with Crippen LogP contribution < -0.4 is 0 Å². The van der Waals surface area contributed by atoms with Crippen LogP contribution in [0, 0.1) is 5.92 Å². The summed E-state index contributed by atoms with van der Waals surface area (Å²) in [4.78, 5) is 0. The Morgan fingerprint density at radius 3 is 1.93 bits per heavy atom.